The fraction of sp³-hybridized carbons (Fsp3) is 0.0714. The summed E-state index contributed by atoms with van der Waals surface area (Å²) in [7, 11) is 0. The Morgan fingerprint density at radius 1 is 1.00 bits per heavy atom. The van der Waals surface area contributed by atoms with Crippen LogP contribution in [-0.2, 0) is 0 Å². The normalized spacial score (nSPS) is 10.1. The van der Waals surface area contributed by atoms with Gasteiger partial charge in [0.1, 0.15) is 5.82 Å². The van der Waals surface area contributed by atoms with Crippen molar-refractivity contribution >= 4 is 5.78 Å². The standard InChI is InChI=1S/C14H11FO/c1-10-7-8-12(9-13(10)15)14(16)11-5-3-2-4-6-11/h2-9H,1H3. The molecule has 80 valence electrons. The quantitative estimate of drug-likeness (QED) is 0.700. The van der Waals surface area contributed by atoms with Gasteiger partial charge in [-0.05, 0) is 18.6 Å². The van der Waals surface area contributed by atoms with Gasteiger partial charge in [-0.3, -0.25) is 4.79 Å². The molecule has 0 spiro atoms. The molecule has 0 fully saturated rings. The molecule has 16 heavy (non-hydrogen) atoms. The predicted molar refractivity (Wildman–Crippen MR) is 61.0 cm³/mol. The first-order valence-corrected chi connectivity index (χ1v) is 5.04. The van der Waals surface area contributed by atoms with Crippen molar-refractivity contribution in [1.29, 1.82) is 0 Å². The van der Waals surface area contributed by atoms with Gasteiger partial charge in [-0.25, -0.2) is 4.39 Å². The number of rotatable bonds is 2. The largest absolute Gasteiger partial charge is 0.289 e. The van der Waals surface area contributed by atoms with Crippen LogP contribution in [0.2, 0.25) is 0 Å². The molecule has 2 aromatic carbocycles. The third-order valence-corrected chi connectivity index (χ3v) is 2.47. The molecule has 0 aliphatic rings. The second-order valence-electron chi connectivity index (χ2n) is 3.66. The lowest BCUT2D eigenvalue weighted by Gasteiger charge is -2.02. The average molecular weight is 214 g/mol. The molecule has 2 heteroatoms. The summed E-state index contributed by atoms with van der Waals surface area (Å²) >= 11 is 0. The maximum Gasteiger partial charge on any atom is 0.193 e. The first kappa shape index (κ1) is 10.6. The van der Waals surface area contributed by atoms with Crippen LogP contribution >= 0.6 is 0 Å². The van der Waals surface area contributed by atoms with Gasteiger partial charge in [-0.1, -0.05) is 42.5 Å². The second kappa shape index (κ2) is 4.27. The Bertz CT molecular complexity index is 518. The van der Waals surface area contributed by atoms with Gasteiger partial charge in [0.25, 0.3) is 0 Å². The molecule has 0 aliphatic carbocycles. The number of carbonyl (C=O) groups is 1. The van der Waals surface area contributed by atoms with E-state index in [1.54, 1.807) is 43.3 Å². The van der Waals surface area contributed by atoms with E-state index >= 15 is 0 Å². The van der Waals surface area contributed by atoms with E-state index in [-0.39, 0.29) is 11.6 Å². The molecule has 0 saturated carbocycles. The van der Waals surface area contributed by atoms with E-state index < -0.39 is 0 Å². The fourth-order valence-electron chi connectivity index (χ4n) is 1.49. The van der Waals surface area contributed by atoms with Crippen molar-refractivity contribution in [2.24, 2.45) is 0 Å². The first-order chi connectivity index (χ1) is 7.68. The number of benzene rings is 2. The summed E-state index contributed by atoms with van der Waals surface area (Å²) in [5.74, 6) is -0.499. The van der Waals surface area contributed by atoms with Crippen molar-refractivity contribution in [2.75, 3.05) is 0 Å². The molecule has 0 aliphatic heterocycles. The lowest BCUT2D eigenvalue weighted by Crippen LogP contribution is -2.01. The van der Waals surface area contributed by atoms with Crippen LogP contribution in [0.1, 0.15) is 21.5 Å². The van der Waals surface area contributed by atoms with E-state index in [4.69, 9.17) is 0 Å². The van der Waals surface area contributed by atoms with Crippen LogP contribution in [0.5, 0.6) is 0 Å². The Kier molecular flexibility index (Phi) is 2.82. The zero-order chi connectivity index (χ0) is 11.5. The Balaban J connectivity index is 2.39. The predicted octanol–water partition coefficient (Wildman–Crippen LogP) is 3.37. The van der Waals surface area contributed by atoms with Crippen LogP contribution in [-0.4, -0.2) is 5.78 Å². The highest BCUT2D eigenvalue weighted by atomic mass is 19.1. The molecular weight excluding hydrogens is 203 g/mol. The molecule has 0 saturated heterocycles. The highest BCUT2D eigenvalue weighted by Crippen LogP contribution is 2.13. The average Bonchev–Trinajstić information content (AvgIpc) is 2.33. The van der Waals surface area contributed by atoms with Gasteiger partial charge in [0.15, 0.2) is 5.78 Å². The second-order valence-corrected chi connectivity index (χ2v) is 3.66. The minimum atomic E-state index is -0.346. The van der Waals surface area contributed by atoms with Gasteiger partial charge in [-0.15, -0.1) is 0 Å². The molecule has 0 radical (unpaired) electrons. The Hall–Kier alpha value is -1.96. The van der Waals surface area contributed by atoms with Crippen molar-refractivity contribution in [2.45, 2.75) is 6.92 Å². The smallest absolute Gasteiger partial charge is 0.193 e. The summed E-state index contributed by atoms with van der Waals surface area (Å²) < 4.78 is 13.3. The van der Waals surface area contributed by atoms with E-state index in [1.165, 1.54) is 6.07 Å². The Morgan fingerprint density at radius 2 is 1.69 bits per heavy atom. The first-order valence-electron chi connectivity index (χ1n) is 5.04. The lowest BCUT2D eigenvalue weighted by atomic mass is 10.0. The number of ketones is 1. The fourth-order valence-corrected chi connectivity index (χ4v) is 1.49. The molecule has 2 aromatic rings. The molecule has 1 nitrogen and oxygen atoms in total. The van der Waals surface area contributed by atoms with Crippen LogP contribution in [0.15, 0.2) is 48.5 Å². The van der Waals surface area contributed by atoms with Crippen LogP contribution in [0.25, 0.3) is 0 Å². The minimum absolute atomic E-state index is 0.153. The molecule has 0 amide bonds. The van der Waals surface area contributed by atoms with E-state index in [0.29, 0.717) is 16.7 Å². The minimum Gasteiger partial charge on any atom is -0.289 e. The van der Waals surface area contributed by atoms with Crippen LogP contribution < -0.4 is 0 Å². The topological polar surface area (TPSA) is 17.1 Å². The van der Waals surface area contributed by atoms with E-state index in [9.17, 15) is 9.18 Å². The zero-order valence-electron chi connectivity index (χ0n) is 8.91. The maximum atomic E-state index is 13.3. The summed E-state index contributed by atoms with van der Waals surface area (Å²) in [4.78, 5) is 11.9. The maximum absolute atomic E-state index is 13.3. The lowest BCUT2D eigenvalue weighted by molar-refractivity contribution is 0.103. The number of aryl methyl sites for hydroxylation is 1. The number of halogens is 1. The molecule has 0 bridgehead atoms. The van der Waals surface area contributed by atoms with Crippen LogP contribution in [0.4, 0.5) is 4.39 Å². The van der Waals surface area contributed by atoms with Crippen molar-refractivity contribution in [1.82, 2.24) is 0 Å². The number of hydrogen-bond donors (Lipinski definition) is 0. The highest BCUT2D eigenvalue weighted by Gasteiger charge is 2.09. The summed E-state index contributed by atoms with van der Waals surface area (Å²) in [6.07, 6.45) is 0. The van der Waals surface area contributed by atoms with Gasteiger partial charge >= 0.3 is 0 Å². The summed E-state index contributed by atoms with van der Waals surface area (Å²) in [5, 5.41) is 0. The van der Waals surface area contributed by atoms with Crippen LogP contribution in [0, 0.1) is 12.7 Å². The SMILES string of the molecule is Cc1ccc(C(=O)c2ccccc2)cc1F. The molecular formula is C14H11FO. The van der Waals surface area contributed by atoms with E-state index in [2.05, 4.69) is 0 Å². The van der Waals surface area contributed by atoms with Gasteiger partial charge in [0.05, 0.1) is 0 Å². The van der Waals surface area contributed by atoms with Gasteiger partial charge in [0.2, 0.25) is 0 Å². The number of hydrogen-bond acceptors (Lipinski definition) is 1. The van der Waals surface area contributed by atoms with Crippen LogP contribution in [0.3, 0.4) is 0 Å². The monoisotopic (exact) mass is 214 g/mol. The molecule has 0 atom stereocenters. The van der Waals surface area contributed by atoms with E-state index in [0.717, 1.165) is 0 Å². The van der Waals surface area contributed by atoms with E-state index in [1.807, 2.05) is 6.07 Å². The van der Waals surface area contributed by atoms with Gasteiger partial charge in [-0.2, -0.15) is 0 Å². The van der Waals surface area contributed by atoms with Crippen molar-refractivity contribution in [3.63, 3.8) is 0 Å². The zero-order valence-corrected chi connectivity index (χ0v) is 8.91. The number of carbonyl (C=O) groups excluding carboxylic acids is 1. The summed E-state index contributed by atoms with van der Waals surface area (Å²) in [5.41, 5.74) is 1.50. The molecule has 0 aromatic heterocycles. The molecule has 0 unspecified atom stereocenters. The molecule has 2 rings (SSSR count). The van der Waals surface area contributed by atoms with Gasteiger partial charge in [0, 0.05) is 11.1 Å². The molecule has 0 N–H and O–H groups in total. The Labute approximate surface area is 93.5 Å². The van der Waals surface area contributed by atoms with Crippen molar-refractivity contribution in [3.05, 3.63) is 71.0 Å². The van der Waals surface area contributed by atoms with Gasteiger partial charge < -0.3 is 0 Å². The van der Waals surface area contributed by atoms with Crippen molar-refractivity contribution < 1.29 is 9.18 Å². The Morgan fingerprint density at radius 3 is 2.31 bits per heavy atom. The van der Waals surface area contributed by atoms with Crippen molar-refractivity contribution in [3.8, 4) is 0 Å². The summed E-state index contributed by atoms with van der Waals surface area (Å²) in [6.45, 7) is 1.67. The molecule has 0 heterocycles. The third-order valence-electron chi connectivity index (χ3n) is 2.47. The third kappa shape index (κ3) is 2.01. The highest BCUT2D eigenvalue weighted by molar-refractivity contribution is 6.08. The summed E-state index contributed by atoms with van der Waals surface area (Å²) in [6, 6.07) is 13.4.